The SMILES string of the molecule is O=C(O)CCc1sc2nccc3c2c1NC(=O)N3c1cccc(Br)c1. The molecular weight excluding hydrogens is 406 g/mol. The topological polar surface area (TPSA) is 82.5 Å². The Bertz CT molecular complexity index is 1020. The van der Waals surface area contributed by atoms with Crippen LogP contribution in [-0.2, 0) is 11.2 Å². The van der Waals surface area contributed by atoms with Gasteiger partial charge in [0.25, 0.3) is 0 Å². The summed E-state index contributed by atoms with van der Waals surface area (Å²) < 4.78 is 0.876. The number of hydrogen-bond acceptors (Lipinski definition) is 4. The Morgan fingerprint density at radius 3 is 2.96 bits per heavy atom. The van der Waals surface area contributed by atoms with Crippen molar-refractivity contribution in [2.24, 2.45) is 0 Å². The fourth-order valence-corrected chi connectivity index (χ4v) is 4.41. The second-order valence-electron chi connectivity index (χ2n) is 5.55. The number of halogens is 1. The molecule has 0 fully saturated rings. The first kappa shape index (κ1) is 16.0. The molecule has 0 bridgehead atoms. The molecule has 0 saturated heterocycles. The third-order valence-electron chi connectivity index (χ3n) is 3.95. The summed E-state index contributed by atoms with van der Waals surface area (Å²) in [4.78, 5) is 31.3. The molecule has 0 aliphatic carbocycles. The number of anilines is 3. The van der Waals surface area contributed by atoms with E-state index in [1.165, 1.54) is 11.3 Å². The number of carboxylic acid groups (broad SMARTS) is 1. The maximum absolute atomic E-state index is 12.8. The van der Waals surface area contributed by atoms with Crippen LogP contribution in [0.15, 0.2) is 41.0 Å². The molecule has 0 atom stereocenters. The van der Waals surface area contributed by atoms with E-state index in [2.05, 4.69) is 26.2 Å². The minimum absolute atomic E-state index is 0.0143. The summed E-state index contributed by atoms with van der Waals surface area (Å²) in [5, 5.41) is 12.7. The molecule has 0 spiro atoms. The van der Waals surface area contributed by atoms with Crippen molar-refractivity contribution >= 4 is 66.5 Å². The number of aliphatic carboxylic acids is 1. The molecular formula is C17H12BrN3O3S. The first-order valence-corrected chi connectivity index (χ1v) is 9.14. The van der Waals surface area contributed by atoms with E-state index in [1.54, 1.807) is 17.2 Å². The quantitative estimate of drug-likeness (QED) is 0.640. The normalized spacial score (nSPS) is 13.2. The van der Waals surface area contributed by atoms with Crippen LogP contribution < -0.4 is 10.2 Å². The Balaban J connectivity index is 1.87. The number of amides is 2. The van der Waals surface area contributed by atoms with Crippen molar-refractivity contribution in [3.8, 4) is 0 Å². The molecule has 25 heavy (non-hydrogen) atoms. The van der Waals surface area contributed by atoms with Gasteiger partial charge in [0.2, 0.25) is 0 Å². The van der Waals surface area contributed by atoms with E-state index in [0.29, 0.717) is 12.1 Å². The van der Waals surface area contributed by atoms with Gasteiger partial charge in [0.1, 0.15) is 4.83 Å². The highest BCUT2D eigenvalue weighted by atomic mass is 79.9. The molecule has 0 radical (unpaired) electrons. The lowest BCUT2D eigenvalue weighted by Crippen LogP contribution is -2.34. The van der Waals surface area contributed by atoms with Crippen LogP contribution in [0.2, 0.25) is 0 Å². The number of aryl methyl sites for hydroxylation is 1. The Morgan fingerprint density at radius 2 is 2.20 bits per heavy atom. The van der Waals surface area contributed by atoms with Crippen LogP contribution in [0.1, 0.15) is 11.3 Å². The van der Waals surface area contributed by atoms with Crippen molar-refractivity contribution in [1.82, 2.24) is 4.98 Å². The summed E-state index contributed by atoms with van der Waals surface area (Å²) in [7, 11) is 0. The molecule has 2 aromatic heterocycles. The molecule has 6 nitrogen and oxygen atoms in total. The summed E-state index contributed by atoms with van der Waals surface area (Å²) in [5.41, 5.74) is 2.17. The maximum Gasteiger partial charge on any atom is 0.331 e. The van der Waals surface area contributed by atoms with Crippen molar-refractivity contribution in [2.75, 3.05) is 10.2 Å². The van der Waals surface area contributed by atoms with Crippen LogP contribution in [0.3, 0.4) is 0 Å². The number of nitrogens with one attached hydrogen (secondary N) is 1. The lowest BCUT2D eigenvalue weighted by atomic mass is 10.1. The van der Waals surface area contributed by atoms with Crippen molar-refractivity contribution in [1.29, 1.82) is 0 Å². The Hall–Kier alpha value is -2.45. The van der Waals surface area contributed by atoms with Gasteiger partial charge in [-0.15, -0.1) is 11.3 Å². The lowest BCUT2D eigenvalue weighted by Gasteiger charge is -2.28. The van der Waals surface area contributed by atoms with E-state index in [9.17, 15) is 9.59 Å². The van der Waals surface area contributed by atoms with Gasteiger partial charge in [-0.2, -0.15) is 0 Å². The molecule has 0 saturated carbocycles. The smallest absolute Gasteiger partial charge is 0.331 e. The fraction of sp³-hybridized carbons (Fsp3) is 0.118. The number of benzene rings is 1. The van der Waals surface area contributed by atoms with Crippen molar-refractivity contribution in [3.05, 3.63) is 45.9 Å². The molecule has 4 rings (SSSR count). The molecule has 3 aromatic rings. The Labute approximate surface area is 155 Å². The van der Waals surface area contributed by atoms with E-state index in [-0.39, 0.29) is 12.5 Å². The van der Waals surface area contributed by atoms with Crippen LogP contribution in [0.25, 0.3) is 10.2 Å². The molecule has 2 amide bonds. The second-order valence-corrected chi connectivity index (χ2v) is 7.55. The highest BCUT2D eigenvalue weighted by Crippen LogP contribution is 2.46. The number of rotatable bonds is 4. The number of carbonyl (C=O) groups is 2. The van der Waals surface area contributed by atoms with Gasteiger partial charge in [-0.05, 0) is 30.7 Å². The maximum atomic E-state index is 12.8. The molecule has 126 valence electrons. The average Bonchev–Trinajstić information content (AvgIpc) is 2.92. The van der Waals surface area contributed by atoms with Gasteiger partial charge in [0, 0.05) is 15.5 Å². The van der Waals surface area contributed by atoms with Crippen molar-refractivity contribution < 1.29 is 14.7 Å². The van der Waals surface area contributed by atoms with Gasteiger partial charge in [0.05, 0.1) is 28.9 Å². The van der Waals surface area contributed by atoms with Crippen LogP contribution in [-0.4, -0.2) is 22.1 Å². The second kappa shape index (κ2) is 6.12. The summed E-state index contributed by atoms with van der Waals surface area (Å²) in [6.07, 6.45) is 2.05. The van der Waals surface area contributed by atoms with E-state index in [4.69, 9.17) is 5.11 Å². The number of carbonyl (C=O) groups excluding carboxylic acids is 1. The average molecular weight is 418 g/mol. The molecule has 8 heteroatoms. The summed E-state index contributed by atoms with van der Waals surface area (Å²) >= 11 is 4.85. The molecule has 1 aliphatic rings. The van der Waals surface area contributed by atoms with E-state index in [0.717, 1.165) is 30.9 Å². The zero-order valence-corrected chi connectivity index (χ0v) is 15.2. The molecule has 3 heterocycles. The summed E-state index contributed by atoms with van der Waals surface area (Å²) in [6, 6.07) is 9.03. The van der Waals surface area contributed by atoms with Crippen molar-refractivity contribution in [3.63, 3.8) is 0 Å². The molecule has 2 N–H and O–H groups in total. The monoisotopic (exact) mass is 417 g/mol. The number of urea groups is 1. The van der Waals surface area contributed by atoms with Crippen molar-refractivity contribution in [2.45, 2.75) is 12.8 Å². The number of aromatic nitrogens is 1. The molecule has 1 aromatic carbocycles. The third kappa shape index (κ3) is 2.77. The number of carboxylic acids is 1. The van der Waals surface area contributed by atoms with E-state index < -0.39 is 5.97 Å². The third-order valence-corrected chi connectivity index (χ3v) is 5.60. The lowest BCUT2D eigenvalue weighted by molar-refractivity contribution is -0.136. The van der Waals surface area contributed by atoms with Crippen LogP contribution in [0.4, 0.5) is 21.9 Å². The van der Waals surface area contributed by atoms with Gasteiger partial charge in [0.15, 0.2) is 0 Å². The fourth-order valence-electron chi connectivity index (χ4n) is 2.91. The predicted molar refractivity (Wildman–Crippen MR) is 101 cm³/mol. The van der Waals surface area contributed by atoms with Crippen LogP contribution in [0.5, 0.6) is 0 Å². The van der Waals surface area contributed by atoms with Crippen LogP contribution in [0, 0.1) is 0 Å². The van der Waals surface area contributed by atoms with Crippen LogP contribution >= 0.6 is 27.3 Å². The summed E-state index contributed by atoms with van der Waals surface area (Å²) in [6.45, 7) is 0. The van der Waals surface area contributed by atoms with Gasteiger partial charge in [-0.3, -0.25) is 9.69 Å². The largest absolute Gasteiger partial charge is 0.481 e. The highest BCUT2D eigenvalue weighted by molar-refractivity contribution is 9.10. The van der Waals surface area contributed by atoms with Gasteiger partial charge >= 0.3 is 12.0 Å². The van der Waals surface area contributed by atoms with E-state index in [1.807, 2.05) is 24.3 Å². The van der Waals surface area contributed by atoms with Gasteiger partial charge in [-0.1, -0.05) is 22.0 Å². The predicted octanol–water partition coefficient (Wildman–Crippen LogP) is 4.76. The minimum Gasteiger partial charge on any atom is -0.481 e. The number of pyridine rings is 1. The number of nitrogens with zero attached hydrogens (tertiary/aromatic N) is 2. The standard InChI is InChI=1S/C17H12BrN3O3S/c18-9-2-1-3-10(8-9)21-11-6-7-19-16-14(11)15(20-17(21)24)12(25-16)4-5-13(22)23/h1-3,6-8H,4-5H2,(H,20,24)(H,22,23). The number of thiophene rings is 1. The van der Waals surface area contributed by atoms with Gasteiger partial charge in [-0.25, -0.2) is 9.78 Å². The van der Waals surface area contributed by atoms with E-state index >= 15 is 0 Å². The number of hydrogen-bond donors (Lipinski definition) is 2. The Morgan fingerprint density at radius 1 is 1.36 bits per heavy atom. The van der Waals surface area contributed by atoms with Gasteiger partial charge < -0.3 is 10.4 Å². The zero-order valence-electron chi connectivity index (χ0n) is 12.8. The first-order valence-electron chi connectivity index (χ1n) is 7.53. The molecule has 1 aliphatic heterocycles. The highest BCUT2D eigenvalue weighted by Gasteiger charge is 2.30. The minimum atomic E-state index is -0.865. The zero-order chi connectivity index (χ0) is 17.6. The molecule has 0 unspecified atom stereocenters. The Kier molecular flexibility index (Phi) is 3.93. The summed E-state index contributed by atoms with van der Waals surface area (Å²) in [5.74, 6) is -0.865. The first-order chi connectivity index (χ1) is 12.0.